The lowest BCUT2D eigenvalue weighted by molar-refractivity contribution is -0.137. The third-order valence-corrected chi connectivity index (χ3v) is 3.90. The van der Waals surface area contributed by atoms with Crippen LogP contribution in [0.25, 0.3) is 0 Å². The molecular weight excluding hydrogens is 396 g/mol. The third-order valence-electron chi connectivity index (χ3n) is 3.01. The summed E-state index contributed by atoms with van der Waals surface area (Å²) in [6, 6.07) is 10.5. The van der Waals surface area contributed by atoms with E-state index in [2.05, 4.69) is 10.6 Å². The molecule has 0 heterocycles. The summed E-state index contributed by atoms with van der Waals surface area (Å²) in [6.45, 7) is 0.622. The van der Waals surface area contributed by atoms with Crippen LogP contribution in [0.5, 0.6) is 5.75 Å². The van der Waals surface area contributed by atoms with E-state index >= 15 is 0 Å². The van der Waals surface area contributed by atoms with Gasteiger partial charge in [-0.25, -0.2) is 0 Å². The van der Waals surface area contributed by atoms with E-state index in [1.54, 1.807) is 24.3 Å². The Balaban J connectivity index is 1.84. The molecule has 2 aromatic rings. The SMILES string of the molecule is FC(F)(F)c1cc(NC(=S)NCCOc2ccccc2Cl)ccc1Cl. The zero-order valence-corrected chi connectivity index (χ0v) is 15.0. The predicted octanol–water partition coefficient (Wildman–Crippen LogP) is 5.38. The summed E-state index contributed by atoms with van der Waals surface area (Å²) in [5.41, 5.74) is -0.745. The van der Waals surface area contributed by atoms with Gasteiger partial charge >= 0.3 is 6.18 Å². The van der Waals surface area contributed by atoms with E-state index in [0.29, 0.717) is 17.3 Å². The third kappa shape index (κ3) is 5.95. The highest BCUT2D eigenvalue weighted by atomic mass is 35.5. The highest BCUT2D eigenvalue weighted by molar-refractivity contribution is 7.80. The second-order valence-corrected chi connectivity index (χ2v) is 6.07. The fourth-order valence-electron chi connectivity index (χ4n) is 1.88. The van der Waals surface area contributed by atoms with Gasteiger partial charge in [-0.3, -0.25) is 0 Å². The van der Waals surface area contributed by atoms with Crippen molar-refractivity contribution in [1.29, 1.82) is 0 Å². The highest BCUT2D eigenvalue weighted by Crippen LogP contribution is 2.36. The van der Waals surface area contributed by atoms with Crippen LogP contribution in [0.15, 0.2) is 42.5 Å². The average Bonchev–Trinajstić information content (AvgIpc) is 2.54. The largest absolute Gasteiger partial charge is 0.490 e. The maximum Gasteiger partial charge on any atom is 0.417 e. The van der Waals surface area contributed by atoms with Crippen LogP contribution in [0.2, 0.25) is 10.0 Å². The second-order valence-electron chi connectivity index (χ2n) is 4.85. The smallest absolute Gasteiger partial charge is 0.417 e. The van der Waals surface area contributed by atoms with Crippen LogP contribution in [0.1, 0.15) is 5.56 Å². The lowest BCUT2D eigenvalue weighted by atomic mass is 10.2. The number of rotatable bonds is 5. The lowest BCUT2D eigenvalue weighted by Gasteiger charge is -2.14. The number of alkyl halides is 3. The molecule has 9 heteroatoms. The quantitative estimate of drug-likeness (QED) is 0.514. The van der Waals surface area contributed by atoms with E-state index in [4.69, 9.17) is 40.2 Å². The van der Waals surface area contributed by atoms with Gasteiger partial charge in [0, 0.05) is 5.69 Å². The molecule has 0 fully saturated rings. The molecule has 25 heavy (non-hydrogen) atoms. The summed E-state index contributed by atoms with van der Waals surface area (Å²) in [5.74, 6) is 0.539. The van der Waals surface area contributed by atoms with Crippen LogP contribution < -0.4 is 15.4 Å². The molecule has 0 aliphatic carbocycles. The molecule has 3 nitrogen and oxygen atoms in total. The molecule has 2 N–H and O–H groups in total. The van der Waals surface area contributed by atoms with Gasteiger partial charge in [-0.15, -0.1) is 0 Å². The van der Waals surface area contributed by atoms with E-state index in [0.717, 1.165) is 12.1 Å². The van der Waals surface area contributed by atoms with Crippen LogP contribution >= 0.6 is 35.4 Å². The summed E-state index contributed by atoms with van der Waals surface area (Å²) in [5, 5.41) is 5.79. The summed E-state index contributed by atoms with van der Waals surface area (Å²) in [6.07, 6.45) is -4.54. The lowest BCUT2D eigenvalue weighted by Crippen LogP contribution is -2.32. The number of nitrogens with one attached hydrogen (secondary N) is 2. The molecule has 0 unspecified atom stereocenters. The first-order chi connectivity index (χ1) is 11.8. The van der Waals surface area contributed by atoms with Crippen LogP contribution in [0, 0.1) is 0 Å². The Morgan fingerprint density at radius 2 is 1.80 bits per heavy atom. The van der Waals surface area contributed by atoms with Crippen molar-refractivity contribution in [3.63, 3.8) is 0 Å². The normalized spacial score (nSPS) is 11.1. The minimum Gasteiger partial charge on any atom is -0.490 e. The Hall–Kier alpha value is -1.70. The van der Waals surface area contributed by atoms with Crippen LogP contribution in [-0.2, 0) is 6.18 Å². The van der Waals surface area contributed by atoms with E-state index in [1.165, 1.54) is 6.07 Å². The summed E-state index contributed by atoms with van der Waals surface area (Å²) >= 11 is 16.6. The Morgan fingerprint density at radius 3 is 2.48 bits per heavy atom. The Labute approximate surface area is 158 Å². The van der Waals surface area contributed by atoms with E-state index in [1.807, 2.05) is 0 Å². The van der Waals surface area contributed by atoms with Crippen molar-refractivity contribution >= 4 is 46.2 Å². The summed E-state index contributed by atoms with van der Waals surface area (Å²) in [7, 11) is 0. The minimum absolute atomic E-state index is 0.165. The van der Waals surface area contributed by atoms with Gasteiger partial charge in [-0.1, -0.05) is 35.3 Å². The number of benzene rings is 2. The first-order valence-corrected chi connectivity index (χ1v) is 8.22. The minimum atomic E-state index is -4.54. The Morgan fingerprint density at radius 1 is 1.08 bits per heavy atom. The van der Waals surface area contributed by atoms with Gasteiger partial charge in [0.25, 0.3) is 0 Å². The molecule has 0 atom stereocenters. The monoisotopic (exact) mass is 408 g/mol. The summed E-state index contributed by atoms with van der Waals surface area (Å²) < 4.78 is 43.9. The second kappa shape index (κ2) is 8.60. The van der Waals surface area contributed by atoms with Crippen molar-refractivity contribution in [3.05, 3.63) is 58.1 Å². The van der Waals surface area contributed by atoms with Crippen molar-refractivity contribution < 1.29 is 17.9 Å². The first-order valence-electron chi connectivity index (χ1n) is 7.06. The van der Waals surface area contributed by atoms with Crippen molar-refractivity contribution in [2.24, 2.45) is 0 Å². The predicted molar refractivity (Wildman–Crippen MR) is 97.6 cm³/mol. The molecule has 0 aliphatic rings. The van der Waals surface area contributed by atoms with Gasteiger partial charge in [-0.2, -0.15) is 13.2 Å². The fraction of sp³-hybridized carbons (Fsp3) is 0.188. The van der Waals surface area contributed by atoms with Gasteiger partial charge in [0.2, 0.25) is 0 Å². The number of anilines is 1. The van der Waals surface area contributed by atoms with Crippen molar-refractivity contribution in [2.75, 3.05) is 18.5 Å². The molecule has 0 aromatic heterocycles. The molecule has 0 saturated heterocycles. The standard InChI is InChI=1S/C16H13Cl2F3N2OS/c17-12-6-5-10(9-11(12)16(19,20)21)23-15(25)22-7-8-24-14-4-2-1-3-13(14)18/h1-6,9H,7-8H2,(H2,22,23,25). The maximum atomic E-state index is 12.8. The number of ether oxygens (including phenoxy) is 1. The van der Waals surface area contributed by atoms with E-state index < -0.39 is 11.7 Å². The fourth-order valence-corrected chi connectivity index (χ4v) is 2.52. The zero-order valence-electron chi connectivity index (χ0n) is 12.7. The number of para-hydroxylation sites is 1. The average molecular weight is 409 g/mol. The number of halogens is 5. The first kappa shape index (κ1) is 19.6. The molecule has 2 rings (SSSR count). The number of thiocarbonyl (C=S) groups is 1. The van der Waals surface area contributed by atoms with Gasteiger partial charge in [-0.05, 0) is 42.5 Å². The Kier molecular flexibility index (Phi) is 6.75. The molecule has 0 spiro atoms. The van der Waals surface area contributed by atoms with Crippen molar-refractivity contribution in [2.45, 2.75) is 6.18 Å². The maximum absolute atomic E-state index is 12.8. The topological polar surface area (TPSA) is 33.3 Å². The van der Waals surface area contributed by atoms with Gasteiger partial charge in [0.05, 0.1) is 22.2 Å². The van der Waals surface area contributed by atoms with Gasteiger partial charge in [0.15, 0.2) is 5.11 Å². The molecular formula is C16H13Cl2F3N2OS. The molecule has 0 bridgehead atoms. The van der Waals surface area contributed by atoms with E-state index in [9.17, 15) is 13.2 Å². The van der Waals surface area contributed by atoms with Crippen molar-refractivity contribution in [3.8, 4) is 5.75 Å². The molecule has 2 aromatic carbocycles. The van der Waals surface area contributed by atoms with Crippen LogP contribution in [0.3, 0.4) is 0 Å². The van der Waals surface area contributed by atoms with Gasteiger partial charge in [0.1, 0.15) is 12.4 Å². The van der Waals surface area contributed by atoms with Crippen LogP contribution in [-0.4, -0.2) is 18.3 Å². The summed E-state index contributed by atoms with van der Waals surface area (Å²) in [4.78, 5) is 0. The zero-order chi connectivity index (χ0) is 18.4. The van der Waals surface area contributed by atoms with Crippen LogP contribution in [0.4, 0.5) is 18.9 Å². The Bertz CT molecular complexity index is 756. The van der Waals surface area contributed by atoms with E-state index in [-0.39, 0.29) is 22.4 Å². The molecule has 134 valence electrons. The van der Waals surface area contributed by atoms with Crippen molar-refractivity contribution in [1.82, 2.24) is 5.32 Å². The highest BCUT2D eigenvalue weighted by Gasteiger charge is 2.33. The molecule has 0 saturated carbocycles. The van der Waals surface area contributed by atoms with Gasteiger partial charge < -0.3 is 15.4 Å². The number of hydrogen-bond acceptors (Lipinski definition) is 2. The molecule has 0 aliphatic heterocycles. The molecule has 0 radical (unpaired) electrons. The molecule has 0 amide bonds. The number of hydrogen-bond donors (Lipinski definition) is 2.